The van der Waals surface area contributed by atoms with E-state index in [1.54, 1.807) is 0 Å². The molecule has 0 spiro atoms. The summed E-state index contributed by atoms with van der Waals surface area (Å²) in [5.74, 6) is -7.88. The average Bonchev–Trinajstić information content (AvgIpc) is 2.82. The molecular formula is C20H22N6O11. The number of nitro groups is 1. The van der Waals surface area contributed by atoms with Gasteiger partial charge < -0.3 is 36.8 Å². The molecule has 1 aromatic carbocycles. The summed E-state index contributed by atoms with van der Waals surface area (Å²) in [6.07, 6.45) is -1.74. The number of amides is 5. The first-order valence-corrected chi connectivity index (χ1v) is 10.5. The lowest BCUT2D eigenvalue weighted by Gasteiger charge is -2.19. The van der Waals surface area contributed by atoms with Crippen LogP contribution in [0.4, 0.5) is 5.69 Å². The second-order valence-electron chi connectivity index (χ2n) is 7.70. The van der Waals surface area contributed by atoms with Crippen molar-refractivity contribution in [1.82, 2.24) is 26.6 Å². The van der Waals surface area contributed by atoms with Crippen molar-refractivity contribution in [2.75, 3.05) is 13.1 Å². The first-order valence-electron chi connectivity index (χ1n) is 10.5. The van der Waals surface area contributed by atoms with Gasteiger partial charge in [-0.1, -0.05) is 0 Å². The number of carbonyl (C=O) groups excluding carboxylic acids is 5. The Hall–Kier alpha value is -5.09. The normalized spacial score (nSPS) is 19.6. The van der Waals surface area contributed by atoms with Gasteiger partial charge in [-0.3, -0.25) is 43.7 Å². The van der Waals surface area contributed by atoms with Crippen molar-refractivity contribution >= 4 is 47.2 Å². The standard InChI is InChI=1S/C20H22N6O11/c27-14-7-22-18(33)10-1-9(2-11(3-10)26(36)37)6-21-19(34)12(4-16(29)30)24-15(28)8-23-20(35)13(25-14)5-17(31)32/h1-3,12-13H,4-8H2,(H,21,34)(H,22,33)(H,23,35)(H,24,28)(H,25,27)(H,29,30)(H,31,32)/t12-,13-/m0/s1. The summed E-state index contributed by atoms with van der Waals surface area (Å²) in [7, 11) is 0. The molecule has 5 amide bonds. The van der Waals surface area contributed by atoms with Crippen LogP contribution in [0.25, 0.3) is 0 Å². The first kappa shape index (κ1) is 28.1. The van der Waals surface area contributed by atoms with Crippen molar-refractivity contribution in [3.63, 3.8) is 0 Å². The highest BCUT2D eigenvalue weighted by Crippen LogP contribution is 2.17. The van der Waals surface area contributed by atoms with Crippen molar-refractivity contribution in [3.05, 3.63) is 39.4 Å². The maximum atomic E-state index is 12.5. The van der Waals surface area contributed by atoms with Crippen molar-refractivity contribution < 1.29 is 48.7 Å². The van der Waals surface area contributed by atoms with E-state index < -0.39 is 90.1 Å². The number of hydrogen-bond acceptors (Lipinski definition) is 9. The number of nitrogens with zero attached hydrogens (tertiary/aromatic N) is 1. The zero-order chi connectivity index (χ0) is 27.7. The van der Waals surface area contributed by atoms with Crippen LogP contribution in [0, 0.1) is 10.1 Å². The van der Waals surface area contributed by atoms with E-state index in [9.17, 15) is 43.7 Å². The van der Waals surface area contributed by atoms with Gasteiger partial charge in [0.05, 0.1) is 30.9 Å². The number of benzene rings is 1. The fourth-order valence-electron chi connectivity index (χ4n) is 3.14. The topological polar surface area (TPSA) is 263 Å². The van der Waals surface area contributed by atoms with Gasteiger partial charge in [-0.2, -0.15) is 0 Å². The SMILES string of the molecule is O=C(O)C[C@@H]1NC(=O)CNC(=O)c2cc(cc([N+](=O)[O-])c2)CNC(=O)[C@H](CC(=O)O)NC(=O)CNC1=O. The third-order valence-electron chi connectivity index (χ3n) is 4.81. The van der Waals surface area contributed by atoms with E-state index in [4.69, 9.17) is 10.2 Å². The van der Waals surface area contributed by atoms with Crippen molar-refractivity contribution in [3.8, 4) is 0 Å². The second-order valence-corrected chi connectivity index (χ2v) is 7.70. The highest BCUT2D eigenvalue weighted by Gasteiger charge is 2.27. The van der Waals surface area contributed by atoms with E-state index in [2.05, 4.69) is 26.6 Å². The molecule has 2 bridgehead atoms. The molecule has 1 heterocycles. The van der Waals surface area contributed by atoms with Crippen LogP contribution < -0.4 is 26.6 Å². The number of carboxylic acid groups (broad SMARTS) is 2. The van der Waals surface area contributed by atoms with E-state index in [0.29, 0.717) is 0 Å². The molecule has 2 atom stereocenters. The maximum absolute atomic E-state index is 12.5. The molecule has 0 saturated carbocycles. The third kappa shape index (κ3) is 8.89. The Morgan fingerprint density at radius 2 is 1.30 bits per heavy atom. The fourth-order valence-corrected chi connectivity index (χ4v) is 3.14. The van der Waals surface area contributed by atoms with E-state index in [0.717, 1.165) is 12.1 Å². The fraction of sp³-hybridized carbons (Fsp3) is 0.350. The molecule has 7 N–H and O–H groups in total. The monoisotopic (exact) mass is 522 g/mol. The quantitative estimate of drug-likeness (QED) is 0.151. The molecule has 1 aliphatic heterocycles. The van der Waals surface area contributed by atoms with Crippen LogP contribution in [0.15, 0.2) is 18.2 Å². The van der Waals surface area contributed by atoms with Gasteiger partial charge in [-0.25, -0.2) is 0 Å². The average molecular weight is 522 g/mol. The summed E-state index contributed by atoms with van der Waals surface area (Å²) >= 11 is 0. The van der Waals surface area contributed by atoms with Gasteiger partial charge in [0.1, 0.15) is 12.1 Å². The van der Waals surface area contributed by atoms with E-state index in [-0.39, 0.29) is 17.7 Å². The number of hydrogen-bond donors (Lipinski definition) is 7. The molecule has 0 saturated heterocycles. The van der Waals surface area contributed by atoms with Crippen LogP contribution in [-0.4, -0.2) is 81.8 Å². The molecule has 1 aromatic rings. The molecule has 37 heavy (non-hydrogen) atoms. The van der Waals surface area contributed by atoms with Crippen molar-refractivity contribution in [1.29, 1.82) is 0 Å². The Morgan fingerprint density at radius 3 is 1.78 bits per heavy atom. The molecule has 17 nitrogen and oxygen atoms in total. The van der Waals surface area contributed by atoms with Gasteiger partial charge >= 0.3 is 11.9 Å². The molecule has 198 valence electrons. The van der Waals surface area contributed by atoms with Gasteiger partial charge in [0.25, 0.3) is 11.6 Å². The van der Waals surface area contributed by atoms with Crippen LogP contribution in [0.1, 0.15) is 28.8 Å². The molecule has 0 radical (unpaired) electrons. The first-order chi connectivity index (χ1) is 17.3. The number of rotatable bonds is 5. The van der Waals surface area contributed by atoms with Crippen LogP contribution in [0.2, 0.25) is 0 Å². The Labute approximate surface area is 207 Å². The smallest absolute Gasteiger partial charge is 0.305 e. The number of nitro benzene ring substituents is 1. The minimum atomic E-state index is -1.66. The molecule has 0 unspecified atom stereocenters. The zero-order valence-corrected chi connectivity index (χ0v) is 18.9. The molecule has 0 aromatic heterocycles. The predicted molar refractivity (Wildman–Crippen MR) is 119 cm³/mol. The molecule has 2 rings (SSSR count). The van der Waals surface area contributed by atoms with Crippen LogP contribution in [-0.2, 0) is 35.3 Å². The summed E-state index contributed by atoms with van der Waals surface area (Å²) in [5, 5.41) is 40.1. The molecule has 1 aliphatic rings. The van der Waals surface area contributed by atoms with E-state index in [1.807, 2.05) is 0 Å². The number of non-ortho nitro benzene ring substituents is 1. The Kier molecular flexibility index (Phi) is 9.56. The van der Waals surface area contributed by atoms with Crippen LogP contribution in [0.3, 0.4) is 0 Å². The highest BCUT2D eigenvalue weighted by molar-refractivity contribution is 5.99. The summed E-state index contributed by atoms with van der Waals surface area (Å²) in [6.45, 7) is -1.91. The summed E-state index contributed by atoms with van der Waals surface area (Å²) in [5.41, 5.74) is -0.709. The zero-order valence-electron chi connectivity index (χ0n) is 18.9. The third-order valence-corrected chi connectivity index (χ3v) is 4.81. The number of carbonyl (C=O) groups is 7. The maximum Gasteiger partial charge on any atom is 0.305 e. The van der Waals surface area contributed by atoms with Gasteiger partial charge in [0.2, 0.25) is 23.6 Å². The Bertz CT molecular complexity index is 1150. The van der Waals surface area contributed by atoms with E-state index in [1.165, 1.54) is 6.07 Å². The minimum Gasteiger partial charge on any atom is -0.481 e. The van der Waals surface area contributed by atoms with Crippen LogP contribution >= 0.6 is 0 Å². The number of nitrogens with one attached hydrogen (secondary N) is 5. The lowest BCUT2D eigenvalue weighted by atomic mass is 10.1. The summed E-state index contributed by atoms with van der Waals surface area (Å²) in [4.78, 5) is 94.6. The summed E-state index contributed by atoms with van der Waals surface area (Å²) in [6, 6.07) is -0.133. The van der Waals surface area contributed by atoms with Gasteiger partial charge in [-0.15, -0.1) is 0 Å². The minimum absolute atomic E-state index is 0.0763. The van der Waals surface area contributed by atoms with Gasteiger partial charge in [0, 0.05) is 24.2 Å². The lowest BCUT2D eigenvalue weighted by Crippen LogP contribution is -2.53. The lowest BCUT2D eigenvalue weighted by molar-refractivity contribution is -0.384. The molecular weight excluding hydrogens is 500 g/mol. The number of aliphatic carboxylic acids is 2. The number of fused-ring (bicyclic) bond motifs is 2. The van der Waals surface area contributed by atoms with Gasteiger partial charge in [-0.05, 0) is 11.6 Å². The van der Waals surface area contributed by atoms with Crippen molar-refractivity contribution in [2.45, 2.75) is 31.5 Å². The highest BCUT2D eigenvalue weighted by atomic mass is 16.6. The molecule has 0 fully saturated rings. The second kappa shape index (κ2) is 12.6. The van der Waals surface area contributed by atoms with Crippen LogP contribution in [0.5, 0.6) is 0 Å². The van der Waals surface area contributed by atoms with E-state index >= 15 is 0 Å². The summed E-state index contributed by atoms with van der Waals surface area (Å²) < 4.78 is 0. The Balaban J connectivity index is 2.41. The largest absolute Gasteiger partial charge is 0.481 e. The predicted octanol–water partition coefficient (Wildman–Crippen LogP) is -3.01. The van der Waals surface area contributed by atoms with Gasteiger partial charge in [0.15, 0.2) is 0 Å². The molecule has 17 heteroatoms. The number of carboxylic acids is 2. The van der Waals surface area contributed by atoms with Crippen molar-refractivity contribution in [2.24, 2.45) is 0 Å². The molecule has 0 aliphatic carbocycles. The Morgan fingerprint density at radius 1 is 0.811 bits per heavy atom.